The smallest absolute Gasteiger partial charge is 0.251 e. The maximum absolute atomic E-state index is 12.9. The summed E-state index contributed by atoms with van der Waals surface area (Å²) in [4.78, 5) is 11.9. The number of nitrogens with one attached hydrogen (secondary N) is 1. The molecule has 0 bridgehead atoms. The number of halogens is 1. The van der Waals surface area contributed by atoms with Crippen molar-refractivity contribution in [3.05, 3.63) is 35.1 Å². The van der Waals surface area contributed by atoms with Gasteiger partial charge in [-0.2, -0.15) is 0 Å². The summed E-state index contributed by atoms with van der Waals surface area (Å²) < 4.78 is 12.9. The fraction of sp³-hybridized carbons (Fsp3) is 0.462. The largest absolute Gasteiger partial charge is 0.350 e. The molecule has 17 heavy (non-hydrogen) atoms. The molecule has 92 valence electrons. The predicted molar refractivity (Wildman–Crippen MR) is 64.2 cm³/mol. The molecule has 1 amide bonds. The monoisotopic (exact) mass is 236 g/mol. The van der Waals surface area contributed by atoms with Crippen molar-refractivity contribution in [1.29, 1.82) is 0 Å². The number of benzene rings is 1. The highest BCUT2D eigenvalue weighted by Gasteiger charge is 2.32. The summed E-state index contributed by atoms with van der Waals surface area (Å²) in [6.45, 7) is 2.21. The highest BCUT2D eigenvalue weighted by atomic mass is 19.1. The second kappa shape index (κ2) is 4.45. The Labute approximate surface area is 100 Å². The van der Waals surface area contributed by atoms with Crippen LogP contribution in [0.5, 0.6) is 0 Å². The topological polar surface area (TPSA) is 55.1 Å². The zero-order chi connectivity index (χ0) is 12.5. The lowest BCUT2D eigenvalue weighted by Crippen LogP contribution is -2.54. The Morgan fingerprint density at radius 3 is 2.76 bits per heavy atom. The van der Waals surface area contributed by atoms with E-state index in [0.29, 0.717) is 17.7 Å². The Morgan fingerprint density at radius 2 is 2.24 bits per heavy atom. The highest BCUT2D eigenvalue weighted by Crippen LogP contribution is 2.28. The van der Waals surface area contributed by atoms with Gasteiger partial charge >= 0.3 is 0 Å². The molecule has 1 aromatic rings. The lowest BCUT2D eigenvalue weighted by molar-refractivity contribution is 0.0929. The summed E-state index contributed by atoms with van der Waals surface area (Å²) in [6.07, 6.45) is 3.04. The van der Waals surface area contributed by atoms with E-state index in [9.17, 15) is 9.18 Å². The Balaban J connectivity index is 1.99. The average molecular weight is 236 g/mol. The molecular formula is C13H17FN2O. The van der Waals surface area contributed by atoms with Crippen LogP contribution in [0.3, 0.4) is 0 Å². The number of rotatable bonds is 3. The minimum absolute atomic E-state index is 0.181. The Hall–Kier alpha value is -1.42. The first-order valence-corrected chi connectivity index (χ1v) is 5.83. The van der Waals surface area contributed by atoms with Crippen LogP contribution in [-0.2, 0) is 0 Å². The molecule has 4 heteroatoms. The molecule has 0 aromatic heterocycles. The number of hydrogen-bond donors (Lipinski definition) is 2. The molecule has 1 fully saturated rings. The molecule has 0 heterocycles. The maximum atomic E-state index is 12.9. The van der Waals surface area contributed by atoms with Crippen LogP contribution in [0.2, 0.25) is 0 Å². The summed E-state index contributed by atoms with van der Waals surface area (Å²) >= 11 is 0. The van der Waals surface area contributed by atoms with Crippen molar-refractivity contribution in [3.8, 4) is 0 Å². The summed E-state index contributed by atoms with van der Waals surface area (Å²) in [5, 5.41) is 2.82. The molecule has 1 aliphatic carbocycles. The van der Waals surface area contributed by atoms with Gasteiger partial charge in [0.25, 0.3) is 5.91 Å². The predicted octanol–water partition coefficient (Wildman–Crippen LogP) is 1.75. The van der Waals surface area contributed by atoms with Gasteiger partial charge in [0, 0.05) is 17.6 Å². The Kier molecular flexibility index (Phi) is 3.15. The maximum Gasteiger partial charge on any atom is 0.251 e. The molecule has 1 aromatic carbocycles. The third-order valence-corrected chi connectivity index (χ3v) is 3.38. The average Bonchev–Trinajstić information content (AvgIpc) is 2.23. The van der Waals surface area contributed by atoms with Gasteiger partial charge in [0.1, 0.15) is 5.82 Å². The number of amides is 1. The zero-order valence-electron chi connectivity index (χ0n) is 9.92. The van der Waals surface area contributed by atoms with E-state index in [4.69, 9.17) is 5.73 Å². The molecule has 1 aliphatic rings. The quantitative estimate of drug-likeness (QED) is 0.840. The second-order valence-electron chi connectivity index (χ2n) is 4.86. The third kappa shape index (κ3) is 2.64. The van der Waals surface area contributed by atoms with Crippen molar-refractivity contribution in [2.75, 3.05) is 6.54 Å². The van der Waals surface area contributed by atoms with Crippen LogP contribution in [0.25, 0.3) is 0 Å². The van der Waals surface area contributed by atoms with Gasteiger partial charge in [-0.15, -0.1) is 0 Å². The van der Waals surface area contributed by atoms with Crippen molar-refractivity contribution in [1.82, 2.24) is 5.32 Å². The Bertz CT molecular complexity index is 441. The van der Waals surface area contributed by atoms with Crippen LogP contribution in [0.15, 0.2) is 18.2 Å². The number of carbonyl (C=O) groups is 1. The normalized spacial score (nSPS) is 17.4. The van der Waals surface area contributed by atoms with Gasteiger partial charge in [-0.25, -0.2) is 4.39 Å². The lowest BCUT2D eigenvalue weighted by Gasteiger charge is -2.38. The fourth-order valence-electron chi connectivity index (χ4n) is 2.04. The van der Waals surface area contributed by atoms with Gasteiger partial charge in [-0.3, -0.25) is 4.79 Å². The van der Waals surface area contributed by atoms with E-state index in [1.165, 1.54) is 18.2 Å². The molecule has 0 atom stereocenters. The first kappa shape index (κ1) is 12.0. The van der Waals surface area contributed by atoms with E-state index in [2.05, 4.69) is 5.32 Å². The molecule has 1 saturated carbocycles. The standard InChI is InChI=1S/C13H17FN2O/c1-9-7-10(14)3-4-11(9)12(17)16-8-13(15)5-2-6-13/h3-4,7H,2,5-6,8,15H2,1H3,(H,16,17). The van der Waals surface area contributed by atoms with Gasteiger partial charge in [0.15, 0.2) is 0 Å². The summed E-state index contributed by atoms with van der Waals surface area (Å²) in [7, 11) is 0. The zero-order valence-corrected chi connectivity index (χ0v) is 9.92. The molecule has 2 rings (SSSR count). The van der Waals surface area contributed by atoms with Gasteiger partial charge in [0.2, 0.25) is 0 Å². The highest BCUT2D eigenvalue weighted by molar-refractivity contribution is 5.95. The van der Waals surface area contributed by atoms with Gasteiger partial charge in [-0.05, 0) is 49.9 Å². The minimum Gasteiger partial charge on any atom is -0.350 e. The molecule has 3 N–H and O–H groups in total. The number of carbonyl (C=O) groups excluding carboxylic acids is 1. The lowest BCUT2D eigenvalue weighted by atomic mass is 9.78. The molecule has 0 saturated heterocycles. The van der Waals surface area contributed by atoms with Crippen molar-refractivity contribution < 1.29 is 9.18 Å². The number of nitrogens with two attached hydrogens (primary N) is 1. The van der Waals surface area contributed by atoms with E-state index in [1.54, 1.807) is 6.92 Å². The van der Waals surface area contributed by atoms with Crippen LogP contribution < -0.4 is 11.1 Å². The first-order chi connectivity index (χ1) is 8.00. The van der Waals surface area contributed by atoms with Crippen LogP contribution >= 0.6 is 0 Å². The molecule has 0 spiro atoms. The van der Waals surface area contributed by atoms with Crippen LogP contribution in [0.1, 0.15) is 35.2 Å². The van der Waals surface area contributed by atoms with Gasteiger partial charge in [-0.1, -0.05) is 0 Å². The van der Waals surface area contributed by atoms with E-state index in [0.717, 1.165) is 19.3 Å². The van der Waals surface area contributed by atoms with E-state index < -0.39 is 0 Å². The van der Waals surface area contributed by atoms with Crippen LogP contribution in [-0.4, -0.2) is 18.0 Å². The van der Waals surface area contributed by atoms with E-state index >= 15 is 0 Å². The van der Waals surface area contributed by atoms with Crippen molar-refractivity contribution in [2.45, 2.75) is 31.7 Å². The van der Waals surface area contributed by atoms with E-state index in [1.807, 2.05) is 0 Å². The van der Waals surface area contributed by atoms with Gasteiger partial charge < -0.3 is 11.1 Å². The Morgan fingerprint density at radius 1 is 1.53 bits per heavy atom. The summed E-state index contributed by atoms with van der Waals surface area (Å²) in [5.41, 5.74) is 6.93. The summed E-state index contributed by atoms with van der Waals surface area (Å²) in [5.74, 6) is -0.507. The van der Waals surface area contributed by atoms with E-state index in [-0.39, 0.29) is 17.3 Å². The molecule has 3 nitrogen and oxygen atoms in total. The van der Waals surface area contributed by atoms with Gasteiger partial charge in [0.05, 0.1) is 0 Å². The second-order valence-corrected chi connectivity index (χ2v) is 4.86. The third-order valence-electron chi connectivity index (χ3n) is 3.38. The molecular weight excluding hydrogens is 219 g/mol. The SMILES string of the molecule is Cc1cc(F)ccc1C(=O)NCC1(N)CCC1. The molecule has 0 unspecified atom stereocenters. The molecule has 0 radical (unpaired) electrons. The number of aryl methyl sites for hydroxylation is 1. The van der Waals surface area contributed by atoms with Crippen molar-refractivity contribution >= 4 is 5.91 Å². The first-order valence-electron chi connectivity index (χ1n) is 5.83. The summed E-state index contributed by atoms with van der Waals surface area (Å²) in [6, 6.07) is 4.16. The van der Waals surface area contributed by atoms with Crippen LogP contribution in [0, 0.1) is 12.7 Å². The van der Waals surface area contributed by atoms with Crippen molar-refractivity contribution in [3.63, 3.8) is 0 Å². The van der Waals surface area contributed by atoms with Crippen molar-refractivity contribution in [2.24, 2.45) is 5.73 Å². The van der Waals surface area contributed by atoms with Crippen LogP contribution in [0.4, 0.5) is 4.39 Å². The molecule has 0 aliphatic heterocycles. The fourth-order valence-corrected chi connectivity index (χ4v) is 2.04. The number of hydrogen-bond acceptors (Lipinski definition) is 2. The minimum atomic E-state index is -0.326.